The molecule has 1 aliphatic heterocycles. The summed E-state index contributed by atoms with van der Waals surface area (Å²) in [5.74, 6) is 1.59. The van der Waals surface area contributed by atoms with Gasteiger partial charge < -0.3 is 24.6 Å². The zero-order valence-electron chi connectivity index (χ0n) is 17.1. The lowest BCUT2D eigenvalue weighted by atomic mass is 10.1. The summed E-state index contributed by atoms with van der Waals surface area (Å²) >= 11 is 6.14. The van der Waals surface area contributed by atoms with Gasteiger partial charge in [-0.15, -0.1) is 0 Å². The van der Waals surface area contributed by atoms with E-state index in [-0.39, 0.29) is 5.91 Å². The maximum atomic E-state index is 12.3. The smallest absolute Gasteiger partial charge is 0.275 e. The predicted octanol–water partition coefficient (Wildman–Crippen LogP) is -0.0430. The number of methoxy groups -OCH3 is 2. The molecule has 1 fully saturated rings. The van der Waals surface area contributed by atoms with Crippen molar-refractivity contribution in [3.63, 3.8) is 0 Å². The highest BCUT2D eigenvalue weighted by Crippen LogP contribution is 2.27. The normalized spacial score (nSPS) is 18.9. The zero-order valence-corrected chi connectivity index (χ0v) is 17.8. The lowest BCUT2D eigenvalue weighted by Gasteiger charge is -2.29. The highest BCUT2D eigenvalue weighted by molar-refractivity contribution is 6.31. The number of amides is 1. The molecule has 0 spiro atoms. The zero-order chi connectivity index (χ0) is 20.6. The van der Waals surface area contributed by atoms with Crippen LogP contribution in [0.3, 0.4) is 0 Å². The first-order valence-electron chi connectivity index (χ1n) is 9.97. The van der Waals surface area contributed by atoms with E-state index in [0.717, 1.165) is 49.8 Å². The second-order valence-corrected chi connectivity index (χ2v) is 7.82. The number of hydrogen-bond acceptors (Lipinski definition) is 3. The largest absolute Gasteiger partial charge is 0.493 e. The van der Waals surface area contributed by atoms with Crippen LogP contribution in [0, 0.1) is 0 Å². The minimum Gasteiger partial charge on any atom is -0.493 e. The van der Waals surface area contributed by atoms with Crippen molar-refractivity contribution < 1.29 is 24.1 Å². The minimum absolute atomic E-state index is 0.0725. The van der Waals surface area contributed by atoms with Crippen LogP contribution >= 0.6 is 11.6 Å². The lowest BCUT2D eigenvalue weighted by molar-refractivity contribution is -1.02. The van der Waals surface area contributed by atoms with E-state index in [0.29, 0.717) is 18.1 Å². The molecule has 0 saturated carbocycles. The van der Waals surface area contributed by atoms with Gasteiger partial charge in [-0.3, -0.25) is 4.79 Å². The van der Waals surface area contributed by atoms with Crippen molar-refractivity contribution in [2.75, 3.05) is 46.9 Å². The SMILES string of the molecule is COc1ccc(C[NH+]2CC[NH+](CC(=O)NCc3ccccc3Cl)CC2)cc1OC. The molecule has 1 heterocycles. The topological polar surface area (TPSA) is 56.4 Å². The Morgan fingerprint density at radius 2 is 1.69 bits per heavy atom. The van der Waals surface area contributed by atoms with Crippen LogP contribution in [0.15, 0.2) is 42.5 Å². The van der Waals surface area contributed by atoms with E-state index < -0.39 is 0 Å². The average Bonchev–Trinajstić information content (AvgIpc) is 2.74. The summed E-state index contributed by atoms with van der Waals surface area (Å²) in [5.41, 5.74) is 2.18. The van der Waals surface area contributed by atoms with Crippen LogP contribution in [0.4, 0.5) is 0 Å². The third-order valence-corrected chi connectivity index (χ3v) is 5.78. The Labute approximate surface area is 177 Å². The Balaban J connectivity index is 1.42. The number of halogens is 1. The van der Waals surface area contributed by atoms with Gasteiger partial charge in [0.05, 0.1) is 14.2 Å². The quantitative estimate of drug-likeness (QED) is 0.562. The van der Waals surface area contributed by atoms with E-state index in [1.807, 2.05) is 36.4 Å². The summed E-state index contributed by atoms with van der Waals surface area (Å²) in [6.07, 6.45) is 0. The van der Waals surface area contributed by atoms with Crippen molar-refractivity contribution in [3.05, 3.63) is 58.6 Å². The Morgan fingerprint density at radius 1 is 1.00 bits per heavy atom. The Hall–Kier alpha value is -2.28. The Morgan fingerprint density at radius 3 is 2.38 bits per heavy atom. The van der Waals surface area contributed by atoms with Gasteiger partial charge in [-0.05, 0) is 29.8 Å². The van der Waals surface area contributed by atoms with Gasteiger partial charge >= 0.3 is 0 Å². The summed E-state index contributed by atoms with van der Waals surface area (Å²) < 4.78 is 10.7. The summed E-state index contributed by atoms with van der Waals surface area (Å²) in [7, 11) is 3.31. The second-order valence-electron chi connectivity index (χ2n) is 7.41. The van der Waals surface area contributed by atoms with E-state index >= 15 is 0 Å². The molecule has 3 N–H and O–H groups in total. The fraction of sp³-hybridized carbons (Fsp3) is 0.409. The summed E-state index contributed by atoms with van der Waals surface area (Å²) in [5, 5.41) is 3.67. The molecule has 0 atom stereocenters. The number of quaternary nitrogens is 2. The van der Waals surface area contributed by atoms with Crippen molar-refractivity contribution in [2.45, 2.75) is 13.1 Å². The van der Waals surface area contributed by atoms with Crippen molar-refractivity contribution in [2.24, 2.45) is 0 Å². The number of carbonyl (C=O) groups excluding carboxylic acids is 1. The van der Waals surface area contributed by atoms with Crippen LogP contribution in [-0.2, 0) is 17.9 Å². The lowest BCUT2D eigenvalue weighted by Crippen LogP contribution is -3.28. The van der Waals surface area contributed by atoms with Crippen molar-refractivity contribution in [3.8, 4) is 11.5 Å². The van der Waals surface area contributed by atoms with Crippen molar-refractivity contribution in [1.82, 2.24) is 5.32 Å². The molecular formula is C22H30ClN3O3+2. The van der Waals surface area contributed by atoms with Crippen LogP contribution in [-0.4, -0.2) is 52.9 Å². The fourth-order valence-corrected chi connectivity index (χ4v) is 3.92. The highest BCUT2D eigenvalue weighted by Gasteiger charge is 2.25. The highest BCUT2D eigenvalue weighted by atomic mass is 35.5. The molecule has 6 nitrogen and oxygen atoms in total. The van der Waals surface area contributed by atoms with Crippen LogP contribution in [0.25, 0.3) is 0 Å². The second kappa shape index (κ2) is 10.5. The molecule has 7 heteroatoms. The standard InChI is InChI=1S/C22H28ClN3O3/c1-28-20-8-7-17(13-21(20)29-2)15-25-9-11-26(12-10-25)16-22(27)24-14-18-5-3-4-6-19(18)23/h3-8,13H,9-12,14-16H2,1-2H3,(H,24,27)/p+2. The summed E-state index contributed by atoms with van der Waals surface area (Å²) in [6.45, 7) is 6.00. The van der Waals surface area contributed by atoms with Gasteiger partial charge in [0.25, 0.3) is 5.91 Å². The Kier molecular flexibility index (Phi) is 7.75. The molecule has 3 rings (SSSR count). The first-order valence-corrected chi connectivity index (χ1v) is 10.3. The monoisotopic (exact) mass is 419 g/mol. The van der Waals surface area contributed by atoms with Crippen LogP contribution in [0.5, 0.6) is 11.5 Å². The number of nitrogens with one attached hydrogen (secondary N) is 3. The predicted molar refractivity (Wildman–Crippen MR) is 113 cm³/mol. The van der Waals surface area contributed by atoms with Crippen molar-refractivity contribution >= 4 is 17.5 Å². The van der Waals surface area contributed by atoms with Gasteiger partial charge in [0, 0.05) is 17.1 Å². The van der Waals surface area contributed by atoms with Gasteiger partial charge in [-0.2, -0.15) is 0 Å². The molecule has 156 valence electrons. The number of ether oxygens (including phenoxy) is 2. The van der Waals surface area contributed by atoms with Crippen LogP contribution in [0.2, 0.25) is 5.02 Å². The van der Waals surface area contributed by atoms with E-state index in [1.54, 1.807) is 14.2 Å². The number of piperazine rings is 1. The third-order valence-electron chi connectivity index (χ3n) is 5.41. The maximum Gasteiger partial charge on any atom is 0.275 e. The molecule has 0 radical (unpaired) electrons. The van der Waals surface area contributed by atoms with Gasteiger partial charge in [0.1, 0.15) is 32.7 Å². The maximum absolute atomic E-state index is 12.3. The number of carbonyl (C=O) groups is 1. The van der Waals surface area contributed by atoms with E-state index in [9.17, 15) is 4.79 Å². The molecule has 0 aliphatic carbocycles. The molecule has 1 amide bonds. The summed E-state index contributed by atoms with van der Waals surface area (Å²) in [4.78, 5) is 15.1. The summed E-state index contributed by atoms with van der Waals surface area (Å²) in [6, 6.07) is 13.7. The van der Waals surface area contributed by atoms with E-state index in [1.165, 1.54) is 15.4 Å². The molecule has 0 unspecified atom stereocenters. The van der Waals surface area contributed by atoms with Crippen molar-refractivity contribution in [1.29, 1.82) is 0 Å². The van der Waals surface area contributed by atoms with E-state index in [2.05, 4.69) is 11.4 Å². The molecule has 2 aromatic carbocycles. The fourth-order valence-electron chi connectivity index (χ4n) is 3.72. The van der Waals surface area contributed by atoms with Gasteiger partial charge in [-0.25, -0.2) is 0 Å². The minimum atomic E-state index is 0.0725. The van der Waals surface area contributed by atoms with Gasteiger partial charge in [-0.1, -0.05) is 29.8 Å². The molecule has 29 heavy (non-hydrogen) atoms. The number of rotatable bonds is 8. The molecule has 1 aliphatic rings. The first kappa shape index (κ1) is 21.4. The average molecular weight is 420 g/mol. The van der Waals surface area contributed by atoms with Crippen LogP contribution < -0.4 is 24.6 Å². The molecule has 0 bridgehead atoms. The molecule has 0 aromatic heterocycles. The molecule has 1 saturated heterocycles. The van der Waals surface area contributed by atoms with Gasteiger partial charge in [0.15, 0.2) is 18.0 Å². The Bertz CT molecular complexity index is 823. The van der Waals surface area contributed by atoms with Gasteiger partial charge in [0.2, 0.25) is 0 Å². The number of hydrogen-bond donors (Lipinski definition) is 3. The third kappa shape index (κ3) is 6.10. The molecular weight excluding hydrogens is 390 g/mol. The van der Waals surface area contributed by atoms with Crippen LogP contribution in [0.1, 0.15) is 11.1 Å². The molecule has 2 aromatic rings. The first-order chi connectivity index (χ1) is 14.1. The number of benzene rings is 2. The van der Waals surface area contributed by atoms with E-state index in [4.69, 9.17) is 21.1 Å².